The van der Waals surface area contributed by atoms with Crippen LogP contribution in [0.5, 0.6) is 0 Å². The van der Waals surface area contributed by atoms with Gasteiger partial charge >= 0.3 is 0 Å². The number of nitrogens with zero attached hydrogens (tertiary/aromatic N) is 3. The second-order valence-electron chi connectivity index (χ2n) is 6.23. The van der Waals surface area contributed by atoms with Gasteiger partial charge in [-0.15, -0.1) is 10.2 Å². The van der Waals surface area contributed by atoms with Gasteiger partial charge in [0.1, 0.15) is 5.25 Å². The fourth-order valence-corrected chi connectivity index (χ4v) is 3.99. The maximum atomic E-state index is 13.2. The Bertz CT molecular complexity index is 927. The summed E-state index contributed by atoms with van der Waals surface area (Å²) in [6.45, 7) is 2.28. The number of morpholine rings is 1. The van der Waals surface area contributed by atoms with Crippen molar-refractivity contribution in [2.24, 2.45) is 0 Å². The minimum atomic E-state index is -0.460. The molecule has 0 saturated carbocycles. The maximum absolute atomic E-state index is 13.2. The van der Waals surface area contributed by atoms with Crippen LogP contribution in [0.25, 0.3) is 11.5 Å². The van der Waals surface area contributed by atoms with Crippen LogP contribution in [0.1, 0.15) is 10.8 Å². The molecule has 1 aliphatic heterocycles. The summed E-state index contributed by atoms with van der Waals surface area (Å²) in [7, 11) is 0. The number of ether oxygens (including phenoxy) is 1. The number of carbonyl (C=O) groups is 1. The molecule has 0 radical (unpaired) electrons. The molecular weight excluding hydrogens is 398 g/mol. The highest BCUT2D eigenvalue weighted by atomic mass is 35.5. The lowest BCUT2D eigenvalue weighted by atomic mass is 10.1. The van der Waals surface area contributed by atoms with Crippen molar-refractivity contribution in [1.29, 1.82) is 0 Å². The highest BCUT2D eigenvalue weighted by molar-refractivity contribution is 8.00. The zero-order valence-corrected chi connectivity index (χ0v) is 16.5. The first kappa shape index (κ1) is 19.0. The molecule has 1 aliphatic rings. The van der Waals surface area contributed by atoms with E-state index in [1.165, 1.54) is 11.8 Å². The molecule has 1 fully saturated rings. The third-order valence-electron chi connectivity index (χ3n) is 4.37. The minimum Gasteiger partial charge on any atom is -0.411 e. The van der Waals surface area contributed by atoms with E-state index >= 15 is 0 Å². The summed E-state index contributed by atoms with van der Waals surface area (Å²) in [5.41, 5.74) is 1.68. The lowest BCUT2D eigenvalue weighted by molar-refractivity contribution is -0.134. The molecule has 6 nitrogen and oxygen atoms in total. The van der Waals surface area contributed by atoms with E-state index in [0.717, 1.165) is 11.1 Å². The Balaban J connectivity index is 1.57. The number of hydrogen-bond donors (Lipinski definition) is 0. The summed E-state index contributed by atoms with van der Waals surface area (Å²) in [5.74, 6) is 0.413. The van der Waals surface area contributed by atoms with E-state index < -0.39 is 5.25 Å². The van der Waals surface area contributed by atoms with Crippen molar-refractivity contribution in [2.45, 2.75) is 10.5 Å². The monoisotopic (exact) mass is 415 g/mol. The smallest absolute Gasteiger partial charge is 0.277 e. The SMILES string of the molecule is O=C([C@H](Sc1nnc(-c2ccc(Cl)cc2)o1)c1ccccc1)N1CCOCC1. The van der Waals surface area contributed by atoms with Crippen molar-refractivity contribution in [3.05, 3.63) is 65.2 Å². The third-order valence-corrected chi connectivity index (χ3v) is 5.69. The molecule has 4 rings (SSSR count). The predicted octanol–water partition coefficient (Wildman–Crippen LogP) is 4.08. The number of rotatable bonds is 5. The molecule has 3 aromatic rings. The lowest BCUT2D eigenvalue weighted by Gasteiger charge is -2.29. The first-order chi connectivity index (χ1) is 13.7. The molecule has 8 heteroatoms. The van der Waals surface area contributed by atoms with Gasteiger partial charge in [0.15, 0.2) is 0 Å². The zero-order chi connectivity index (χ0) is 19.3. The molecule has 0 spiro atoms. The van der Waals surface area contributed by atoms with Gasteiger partial charge < -0.3 is 14.1 Å². The molecule has 0 N–H and O–H groups in total. The normalized spacial score (nSPS) is 15.4. The number of amides is 1. The van der Waals surface area contributed by atoms with Crippen LogP contribution in [0.3, 0.4) is 0 Å². The van der Waals surface area contributed by atoms with Gasteiger partial charge in [-0.2, -0.15) is 0 Å². The third kappa shape index (κ3) is 4.38. The topological polar surface area (TPSA) is 68.5 Å². The molecule has 0 bridgehead atoms. The average molecular weight is 416 g/mol. The minimum absolute atomic E-state index is 0.0192. The van der Waals surface area contributed by atoms with Crippen molar-refractivity contribution in [3.63, 3.8) is 0 Å². The van der Waals surface area contributed by atoms with Gasteiger partial charge in [0.05, 0.1) is 13.2 Å². The van der Waals surface area contributed by atoms with Crippen molar-refractivity contribution in [3.8, 4) is 11.5 Å². The Morgan fingerprint density at radius 1 is 1.04 bits per heavy atom. The fraction of sp³-hybridized carbons (Fsp3) is 0.250. The number of carbonyl (C=O) groups excluding carboxylic acids is 1. The number of thioether (sulfide) groups is 1. The van der Waals surface area contributed by atoms with Crippen LogP contribution >= 0.6 is 23.4 Å². The van der Waals surface area contributed by atoms with Crippen molar-refractivity contribution in [1.82, 2.24) is 15.1 Å². The highest BCUT2D eigenvalue weighted by Gasteiger charge is 2.30. The summed E-state index contributed by atoms with van der Waals surface area (Å²) < 4.78 is 11.2. The van der Waals surface area contributed by atoms with E-state index in [1.54, 1.807) is 12.1 Å². The van der Waals surface area contributed by atoms with E-state index in [1.807, 2.05) is 47.4 Å². The fourth-order valence-electron chi connectivity index (χ4n) is 2.91. The predicted molar refractivity (Wildman–Crippen MR) is 107 cm³/mol. The summed E-state index contributed by atoms with van der Waals surface area (Å²) in [4.78, 5) is 15.0. The van der Waals surface area contributed by atoms with Crippen LogP contribution in [0.15, 0.2) is 64.2 Å². The van der Waals surface area contributed by atoms with Gasteiger partial charge in [0.25, 0.3) is 5.22 Å². The average Bonchev–Trinajstić information content (AvgIpc) is 3.22. The summed E-state index contributed by atoms with van der Waals surface area (Å²) in [6, 6.07) is 16.8. The molecule has 2 aromatic carbocycles. The van der Waals surface area contributed by atoms with Gasteiger partial charge in [-0.3, -0.25) is 4.79 Å². The lowest BCUT2D eigenvalue weighted by Crippen LogP contribution is -2.42. The Kier molecular flexibility index (Phi) is 5.95. The van der Waals surface area contributed by atoms with Gasteiger partial charge in [-0.05, 0) is 41.6 Å². The quantitative estimate of drug-likeness (QED) is 0.585. The van der Waals surface area contributed by atoms with Crippen LogP contribution in [-0.2, 0) is 9.53 Å². The molecule has 0 aliphatic carbocycles. The first-order valence-electron chi connectivity index (χ1n) is 8.88. The molecule has 1 saturated heterocycles. The summed E-state index contributed by atoms with van der Waals surface area (Å²) in [5, 5.41) is 8.76. The number of aromatic nitrogens is 2. The van der Waals surface area contributed by atoms with Crippen LogP contribution in [0, 0.1) is 0 Å². The second kappa shape index (κ2) is 8.77. The standard InChI is InChI=1S/C20H18ClN3O3S/c21-16-8-6-15(7-9-16)18-22-23-20(27-18)28-17(14-4-2-1-3-5-14)19(25)24-10-12-26-13-11-24/h1-9,17H,10-13H2/t17-/m1/s1. The molecule has 2 heterocycles. The Hall–Kier alpha value is -2.35. The van der Waals surface area contributed by atoms with Crippen LogP contribution < -0.4 is 0 Å². The first-order valence-corrected chi connectivity index (χ1v) is 10.1. The Morgan fingerprint density at radius 2 is 1.75 bits per heavy atom. The molecular formula is C20H18ClN3O3S. The number of benzene rings is 2. The summed E-state index contributed by atoms with van der Waals surface area (Å²) in [6.07, 6.45) is 0. The van der Waals surface area contributed by atoms with E-state index in [9.17, 15) is 4.79 Å². The Morgan fingerprint density at radius 3 is 2.46 bits per heavy atom. The molecule has 1 amide bonds. The van der Waals surface area contributed by atoms with E-state index in [0.29, 0.717) is 42.4 Å². The van der Waals surface area contributed by atoms with Gasteiger partial charge in [0, 0.05) is 23.7 Å². The summed E-state index contributed by atoms with van der Waals surface area (Å²) >= 11 is 7.19. The van der Waals surface area contributed by atoms with Crippen LogP contribution in [0.2, 0.25) is 5.02 Å². The van der Waals surface area contributed by atoms with Crippen molar-refractivity contribution < 1.29 is 13.9 Å². The molecule has 0 unspecified atom stereocenters. The number of hydrogen-bond acceptors (Lipinski definition) is 6. The van der Waals surface area contributed by atoms with Crippen LogP contribution in [-0.4, -0.2) is 47.3 Å². The van der Waals surface area contributed by atoms with Crippen LogP contribution in [0.4, 0.5) is 0 Å². The maximum Gasteiger partial charge on any atom is 0.277 e. The molecule has 28 heavy (non-hydrogen) atoms. The molecule has 1 atom stereocenters. The van der Waals surface area contributed by atoms with E-state index in [4.69, 9.17) is 20.8 Å². The van der Waals surface area contributed by atoms with Gasteiger partial charge in [-0.25, -0.2) is 0 Å². The largest absolute Gasteiger partial charge is 0.411 e. The van der Waals surface area contributed by atoms with E-state index in [-0.39, 0.29) is 5.91 Å². The van der Waals surface area contributed by atoms with E-state index in [2.05, 4.69) is 10.2 Å². The van der Waals surface area contributed by atoms with Gasteiger partial charge in [0.2, 0.25) is 11.8 Å². The second-order valence-corrected chi connectivity index (χ2v) is 7.72. The van der Waals surface area contributed by atoms with Crippen molar-refractivity contribution in [2.75, 3.05) is 26.3 Å². The highest BCUT2D eigenvalue weighted by Crippen LogP contribution is 2.37. The molecule has 144 valence electrons. The van der Waals surface area contributed by atoms with Crippen molar-refractivity contribution >= 4 is 29.3 Å². The van der Waals surface area contributed by atoms with Gasteiger partial charge in [-0.1, -0.05) is 41.9 Å². The Labute approximate surface area is 171 Å². The zero-order valence-electron chi connectivity index (χ0n) is 15.0. The number of halogens is 1. The molecule has 1 aromatic heterocycles.